The second-order valence-electron chi connectivity index (χ2n) is 3.14. The van der Waals surface area contributed by atoms with E-state index in [-0.39, 0.29) is 0 Å². The van der Waals surface area contributed by atoms with Gasteiger partial charge in [-0.25, -0.2) is 0 Å². The Balaban J connectivity index is 2.11. The third-order valence-electron chi connectivity index (χ3n) is 1.88. The first kappa shape index (κ1) is 9.74. The van der Waals surface area contributed by atoms with Crippen molar-refractivity contribution in [2.24, 2.45) is 0 Å². The average Bonchev–Trinajstić information content (AvgIpc) is 2.83. The minimum atomic E-state index is 0.641. The van der Waals surface area contributed by atoms with E-state index in [1.54, 1.807) is 7.11 Å². The first-order valence-corrected chi connectivity index (χ1v) is 4.65. The molecule has 0 aromatic heterocycles. The fourth-order valence-corrected chi connectivity index (χ4v) is 1.10. The average molecular weight is 188 g/mol. The number of nitrogens with one attached hydrogen (secondary N) is 1. The Kier molecular flexibility index (Phi) is 3.75. The zero-order chi connectivity index (χ0) is 8.97. The Morgan fingerprint density at radius 1 is 1.67 bits per heavy atom. The Bertz CT molecular complexity index is 159. The van der Waals surface area contributed by atoms with Crippen molar-refractivity contribution in [3.8, 4) is 0 Å². The molecule has 1 aliphatic carbocycles. The SMILES string of the molecule is COCCN(C)C(=S)NC1CC1. The van der Waals surface area contributed by atoms with Gasteiger partial charge in [0.2, 0.25) is 0 Å². The minimum Gasteiger partial charge on any atom is -0.383 e. The fourth-order valence-electron chi connectivity index (χ4n) is 0.842. The number of methoxy groups -OCH3 is 1. The number of likely N-dealkylation sites (N-methyl/N-ethyl adjacent to an activating group) is 1. The lowest BCUT2D eigenvalue weighted by atomic mass is 10.6. The van der Waals surface area contributed by atoms with Gasteiger partial charge in [0.1, 0.15) is 0 Å². The second-order valence-corrected chi connectivity index (χ2v) is 3.52. The molecule has 0 atom stereocenters. The van der Waals surface area contributed by atoms with Crippen LogP contribution in [-0.2, 0) is 4.74 Å². The highest BCUT2D eigenvalue weighted by Gasteiger charge is 2.22. The number of hydrogen-bond donors (Lipinski definition) is 1. The van der Waals surface area contributed by atoms with Gasteiger partial charge in [-0.1, -0.05) is 0 Å². The lowest BCUT2D eigenvalue weighted by Gasteiger charge is -2.20. The van der Waals surface area contributed by atoms with Crippen molar-refractivity contribution in [2.45, 2.75) is 18.9 Å². The predicted octanol–water partition coefficient (Wildman–Crippen LogP) is 0.601. The van der Waals surface area contributed by atoms with Crippen LogP contribution in [0.5, 0.6) is 0 Å². The number of rotatable bonds is 4. The molecule has 1 aliphatic rings. The summed E-state index contributed by atoms with van der Waals surface area (Å²) in [5, 5.41) is 4.11. The molecule has 0 heterocycles. The van der Waals surface area contributed by atoms with Crippen molar-refractivity contribution in [3.63, 3.8) is 0 Å². The molecule has 70 valence electrons. The molecular formula is C8H16N2OS. The Morgan fingerprint density at radius 3 is 2.83 bits per heavy atom. The summed E-state index contributed by atoms with van der Waals surface area (Å²) >= 11 is 5.17. The molecule has 3 nitrogen and oxygen atoms in total. The van der Waals surface area contributed by atoms with E-state index in [4.69, 9.17) is 17.0 Å². The zero-order valence-electron chi connectivity index (χ0n) is 7.67. The van der Waals surface area contributed by atoms with Crippen LogP contribution in [0.2, 0.25) is 0 Å². The molecule has 4 heteroatoms. The number of hydrogen-bond acceptors (Lipinski definition) is 2. The van der Waals surface area contributed by atoms with Gasteiger partial charge < -0.3 is 15.0 Å². The normalized spacial score (nSPS) is 15.8. The van der Waals surface area contributed by atoms with E-state index in [0.29, 0.717) is 6.04 Å². The lowest BCUT2D eigenvalue weighted by molar-refractivity contribution is 0.182. The van der Waals surface area contributed by atoms with E-state index in [1.165, 1.54) is 12.8 Å². The summed E-state index contributed by atoms with van der Waals surface area (Å²) < 4.78 is 4.95. The van der Waals surface area contributed by atoms with Crippen LogP contribution < -0.4 is 5.32 Å². The maximum atomic E-state index is 5.17. The van der Waals surface area contributed by atoms with Crippen LogP contribution in [0.15, 0.2) is 0 Å². The number of ether oxygens (including phenoxy) is 1. The lowest BCUT2D eigenvalue weighted by Crippen LogP contribution is -2.39. The smallest absolute Gasteiger partial charge is 0.168 e. The zero-order valence-corrected chi connectivity index (χ0v) is 8.49. The van der Waals surface area contributed by atoms with Gasteiger partial charge in [0.05, 0.1) is 6.61 Å². The molecule has 0 bridgehead atoms. The third-order valence-corrected chi connectivity index (χ3v) is 2.31. The van der Waals surface area contributed by atoms with E-state index >= 15 is 0 Å². The molecule has 1 rings (SSSR count). The summed E-state index contributed by atoms with van der Waals surface area (Å²) in [6, 6.07) is 0.641. The molecule has 0 aromatic rings. The molecule has 1 N–H and O–H groups in total. The van der Waals surface area contributed by atoms with Crippen LogP contribution >= 0.6 is 12.2 Å². The molecule has 0 aromatic carbocycles. The van der Waals surface area contributed by atoms with Crippen molar-refractivity contribution in [3.05, 3.63) is 0 Å². The van der Waals surface area contributed by atoms with Gasteiger partial charge in [-0.05, 0) is 25.1 Å². The monoisotopic (exact) mass is 188 g/mol. The maximum absolute atomic E-state index is 5.17. The standard InChI is InChI=1S/C8H16N2OS/c1-10(5-6-11-2)8(12)9-7-3-4-7/h7H,3-6H2,1-2H3,(H,9,12). The van der Waals surface area contributed by atoms with E-state index in [1.807, 2.05) is 11.9 Å². The van der Waals surface area contributed by atoms with Gasteiger partial charge in [0, 0.05) is 26.7 Å². The predicted molar refractivity (Wildman–Crippen MR) is 53.3 cm³/mol. The second kappa shape index (κ2) is 4.62. The van der Waals surface area contributed by atoms with Crippen LogP contribution in [-0.4, -0.2) is 43.4 Å². The molecule has 0 spiro atoms. The first-order valence-electron chi connectivity index (χ1n) is 4.24. The van der Waals surface area contributed by atoms with E-state index in [0.717, 1.165) is 18.3 Å². The number of nitrogens with zero attached hydrogens (tertiary/aromatic N) is 1. The van der Waals surface area contributed by atoms with Gasteiger partial charge >= 0.3 is 0 Å². The summed E-state index contributed by atoms with van der Waals surface area (Å²) in [6.07, 6.45) is 2.52. The van der Waals surface area contributed by atoms with E-state index in [9.17, 15) is 0 Å². The summed E-state index contributed by atoms with van der Waals surface area (Å²) in [5.74, 6) is 0. The highest BCUT2D eigenvalue weighted by atomic mass is 32.1. The van der Waals surface area contributed by atoms with Crippen LogP contribution in [0, 0.1) is 0 Å². The molecule has 0 aliphatic heterocycles. The van der Waals surface area contributed by atoms with Crippen molar-refractivity contribution < 1.29 is 4.74 Å². The van der Waals surface area contributed by atoms with Gasteiger partial charge in [0.25, 0.3) is 0 Å². The van der Waals surface area contributed by atoms with Crippen molar-refractivity contribution in [2.75, 3.05) is 27.3 Å². The van der Waals surface area contributed by atoms with E-state index in [2.05, 4.69) is 5.32 Å². The largest absolute Gasteiger partial charge is 0.383 e. The minimum absolute atomic E-state index is 0.641. The quantitative estimate of drug-likeness (QED) is 0.653. The summed E-state index contributed by atoms with van der Waals surface area (Å²) in [6.45, 7) is 1.58. The highest BCUT2D eigenvalue weighted by Crippen LogP contribution is 2.18. The maximum Gasteiger partial charge on any atom is 0.168 e. The van der Waals surface area contributed by atoms with Gasteiger partial charge in [-0.3, -0.25) is 0 Å². The van der Waals surface area contributed by atoms with Gasteiger partial charge in [0.15, 0.2) is 5.11 Å². The Morgan fingerprint density at radius 2 is 2.33 bits per heavy atom. The molecule has 0 amide bonds. The van der Waals surface area contributed by atoms with Crippen molar-refractivity contribution >= 4 is 17.3 Å². The van der Waals surface area contributed by atoms with Crippen molar-refractivity contribution in [1.82, 2.24) is 10.2 Å². The molecule has 1 saturated carbocycles. The van der Waals surface area contributed by atoms with Crippen molar-refractivity contribution in [1.29, 1.82) is 0 Å². The van der Waals surface area contributed by atoms with Crippen LogP contribution in [0.25, 0.3) is 0 Å². The third kappa shape index (κ3) is 3.36. The Hall–Kier alpha value is -0.350. The van der Waals surface area contributed by atoms with Crippen LogP contribution in [0.1, 0.15) is 12.8 Å². The Labute approximate surface area is 79.1 Å². The van der Waals surface area contributed by atoms with E-state index < -0.39 is 0 Å². The highest BCUT2D eigenvalue weighted by molar-refractivity contribution is 7.80. The molecule has 0 radical (unpaired) electrons. The van der Waals surface area contributed by atoms with Gasteiger partial charge in [-0.15, -0.1) is 0 Å². The summed E-state index contributed by atoms with van der Waals surface area (Å²) in [5.41, 5.74) is 0. The molecule has 0 unspecified atom stereocenters. The number of thiocarbonyl (C=S) groups is 1. The summed E-state index contributed by atoms with van der Waals surface area (Å²) in [7, 11) is 3.68. The molecule has 0 saturated heterocycles. The molecular weight excluding hydrogens is 172 g/mol. The van der Waals surface area contributed by atoms with Crippen LogP contribution in [0.3, 0.4) is 0 Å². The van der Waals surface area contributed by atoms with Crippen LogP contribution in [0.4, 0.5) is 0 Å². The topological polar surface area (TPSA) is 24.5 Å². The van der Waals surface area contributed by atoms with Gasteiger partial charge in [-0.2, -0.15) is 0 Å². The fraction of sp³-hybridized carbons (Fsp3) is 0.875. The molecule has 1 fully saturated rings. The first-order chi connectivity index (χ1) is 5.74. The summed E-state index contributed by atoms with van der Waals surface area (Å²) in [4.78, 5) is 2.01. The molecule has 12 heavy (non-hydrogen) atoms.